The van der Waals surface area contributed by atoms with E-state index in [2.05, 4.69) is 10.3 Å². The maximum absolute atomic E-state index is 13.6. The van der Waals surface area contributed by atoms with Crippen LogP contribution < -0.4 is 5.32 Å². The minimum Gasteiger partial charge on any atom is -0.304 e. The Labute approximate surface area is 182 Å². The first-order valence-corrected chi connectivity index (χ1v) is 12.3. The number of thioether (sulfide) groups is 1. The standard InChI is InChI=1S/C22H27N3O3S2/c1-16-13-17(2)21(18(3)14-16)30(27,28)25(11-9-19-7-5-4-6-8-19)15-20(26)24-22-23-10-12-29-22/h4-8,13-14H,9-12,15H2,1-3H3,(H,23,24,26). The average molecular weight is 446 g/mol. The number of aryl methyl sites for hydroxylation is 3. The normalized spacial score (nSPS) is 14.1. The summed E-state index contributed by atoms with van der Waals surface area (Å²) >= 11 is 1.47. The smallest absolute Gasteiger partial charge is 0.244 e. The summed E-state index contributed by atoms with van der Waals surface area (Å²) in [7, 11) is -3.85. The first-order valence-electron chi connectivity index (χ1n) is 9.86. The SMILES string of the molecule is Cc1cc(C)c(S(=O)(=O)N(CCc2ccccc2)CC(=O)NC2=NCCS2)c(C)c1. The van der Waals surface area contributed by atoms with E-state index in [1.807, 2.05) is 49.4 Å². The van der Waals surface area contributed by atoms with Crippen LogP contribution in [-0.4, -0.2) is 49.2 Å². The molecule has 0 radical (unpaired) electrons. The number of aliphatic imine (C=N–C) groups is 1. The Balaban J connectivity index is 1.87. The van der Waals surface area contributed by atoms with Crippen LogP contribution in [0.25, 0.3) is 0 Å². The second kappa shape index (κ2) is 9.76. The fourth-order valence-electron chi connectivity index (χ4n) is 3.62. The van der Waals surface area contributed by atoms with Crippen LogP contribution in [0.5, 0.6) is 0 Å². The van der Waals surface area contributed by atoms with Crippen LogP contribution >= 0.6 is 11.8 Å². The minimum atomic E-state index is -3.85. The monoisotopic (exact) mass is 445 g/mol. The maximum atomic E-state index is 13.6. The Morgan fingerprint density at radius 1 is 1.13 bits per heavy atom. The van der Waals surface area contributed by atoms with E-state index in [0.29, 0.717) is 29.3 Å². The summed E-state index contributed by atoms with van der Waals surface area (Å²) in [5.41, 5.74) is 3.40. The van der Waals surface area contributed by atoms with Crippen LogP contribution in [0.15, 0.2) is 52.4 Å². The predicted molar refractivity (Wildman–Crippen MR) is 122 cm³/mol. The van der Waals surface area contributed by atoms with Gasteiger partial charge in [0.2, 0.25) is 15.9 Å². The second-order valence-corrected chi connectivity index (χ2v) is 10.3. The van der Waals surface area contributed by atoms with Crippen molar-refractivity contribution in [3.8, 4) is 0 Å². The third kappa shape index (κ3) is 5.50. The molecule has 0 bridgehead atoms. The molecular formula is C22H27N3O3S2. The van der Waals surface area contributed by atoms with Crippen molar-refractivity contribution in [2.45, 2.75) is 32.1 Å². The van der Waals surface area contributed by atoms with Gasteiger partial charge >= 0.3 is 0 Å². The molecule has 0 saturated heterocycles. The van der Waals surface area contributed by atoms with Gasteiger partial charge in [-0.15, -0.1) is 0 Å². The summed E-state index contributed by atoms with van der Waals surface area (Å²) in [5.74, 6) is 0.454. The number of nitrogens with zero attached hydrogens (tertiary/aromatic N) is 2. The van der Waals surface area contributed by atoms with Gasteiger partial charge in [-0.1, -0.05) is 59.8 Å². The molecule has 1 N–H and O–H groups in total. The van der Waals surface area contributed by atoms with E-state index in [4.69, 9.17) is 0 Å². The first kappa shape index (κ1) is 22.5. The van der Waals surface area contributed by atoms with Crippen LogP contribution in [0.1, 0.15) is 22.3 Å². The van der Waals surface area contributed by atoms with Crippen molar-refractivity contribution < 1.29 is 13.2 Å². The Kier molecular flexibility index (Phi) is 7.33. The van der Waals surface area contributed by atoms with E-state index in [-0.39, 0.29) is 23.9 Å². The molecule has 0 aromatic heterocycles. The minimum absolute atomic E-state index is 0.214. The summed E-state index contributed by atoms with van der Waals surface area (Å²) in [6.45, 7) is 6.17. The van der Waals surface area contributed by atoms with Crippen molar-refractivity contribution >= 4 is 32.9 Å². The van der Waals surface area contributed by atoms with Gasteiger partial charge in [0.25, 0.3) is 0 Å². The zero-order chi connectivity index (χ0) is 21.7. The number of rotatable bonds is 7. The summed E-state index contributed by atoms with van der Waals surface area (Å²) in [6.07, 6.45) is 0.521. The predicted octanol–water partition coefficient (Wildman–Crippen LogP) is 3.06. The highest BCUT2D eigenvalue weighted by molar-refractivity contribution is 8.14. The van der Waals surface area contributed by atoms with Crippen molar-refractivity contribution in [1.29, 1.82) is 0 Å². The van der Waals surface area contributed by atoms with E-state index in [1.165, 1.54) is 16.1 Å². The fraction of sp³-hybridized carbons (Fsp3) is 0.364. The van der Waals surface area contributed by atoms with Gasteiger partial charge in [0.05, 0.1) is 18.0 Å². The Morgan fingerprint density at radius 2 is 1.80 bits per heavy atom. The molecular weight excluding hydrogens is 418 g/mol. The van der Waals surface area contributed by atoms with E-state index in [0.717, 1.165) is 16.9 Å². The third-order valence-corrected chi connectivity index (χ3v) is 7.89. The fourth-order valence-corrected chi connectivity index (χ4v) is 6.17. The van der Waals surface area contributed by atoms with Crippen molar-refractivity contribution in [3.63, 3.8) is 0 Å². The maximum Gasteiger partial charge on any atom is 0.244 e. The van der Waals surface area contributed by atoms with Crippen LogP contribution in [-0.2, 0) is 21.2 Å². The highest BCUT2D eigenvalue weighted by Gasteiger charge is 2.30. The van der Waals surface area contributed by atoms with Gasteiger partial charge < -0.3 is 5.32 Å². The van der Waals surface area contributed by atoms with E-state index in [9.17, 15) is 13.2 Å². The van der Waals surface area contributed by atoms with Crippen LogP contribution in [0.4, 0.5) is 0 Å². The Bertz CT molecular complexity index is 1030. The van der Waals surface area contributed by atoms with Crippen molar-refractivity contribution in [1.82, 2.24) is 9.62 Å². The number of benzene rings is 2. The molecule has 30 heavy (non-hydrogen) atoms. The molecule has 0 spiro atoms. The zero-order valence-electron chi connectivity index (χ0n) is 17.5. The lowest BCUT2D eigenvalue weighted by Crippen LogP contribution is -2.43. The third-order valence-electron chi connectivity index (χ3n) is 4.85. The van der Waals surface area contributed by atoms with E-state index in [1.54, 1.807) is 13.8 Å². The van der Waals surface area contributed by atoms with Gasteiger partial charge in [0.1, 0.15) is 0 Å². The molecule has 0 saturated carbocycles. The summed E-state index contributed by atoms with van der Waals surface area (Å²) in [6, 6.07) is 13.4. The molecule has 1 aliphatic heterocycles. The molecule has 3 rings (SSSR count). The van der Waals surface area contributed by atoms with Crippen LogP contribution in [0, 0.1) is 20.8 Å². The molecule has 160 valence electrons. The topological polar surface area (TPSA) is 78.8 Å². The number of amidine groups is 1. The summed E-state index contributed by atoms with van der Waals surface area (Å²) in [5, 5.41) is 3.30. The number of sulfonamides is 1. The molecule has 6 nitrogen and oxygen atoms in total. The molecule has 0 unspecified atom stereocenters. The molecule has 2 aromatic rings. The Morgan fingerprint density at radius 3 is 2.40 bits per heavy atom. The first-order chi connectivity index (χ1) is 14.3. The van der Waals surface area contributed by atoms with Crippen LogP contribution in [0.3, 0.4) is 0 Å². The van der Waals surface area contributed by atoms with Gasteiger partial charge in [-0.3, -0.25) is 9.79 Å². The molecule has 1 heterocycles. The lowest BCUT2D eigenvalue weighted by atomic mass is 10.1. The highest BCUT2D eigenvalue weighted by atomic mass is 32.2. The summed E-state index contributed by atoms with van der Waals surface area (Å²) in [4.78, 5) is 17.1. The number of nitrogens with one attached hydrogen (secondary N) is 1. The van der Waals surface area contributed by atoms with Gasteiger partial charge in [-0.2, -0.15) is 4.31 Å². The summed E-state index contributed by atoms with van der Waals surface area (Å²) < 4.78 is 28.5. The van der Waals surface area contributed by atoms with Crippen molar-refractivity contribution in [3.05, 3.63) is 64.7 Å². The molecule has 0 fully saturated rings. The number of hydrogen-bond acceptors (Lipinski definition) is 5. The van der Waals surface area contributed by atoms with Gasteiger partial charge in [-0.25, -0.2) is 8.42 Å². The molecule has 2 aromatic carbocycles. The lowest BCUT2D eigenvalue weighted by molar-refractivity contribution is -0.119. The molecule has 1 amide bonds. The van der Waals surface area contributed by atoms with Crippen LogP contribution in [0.2, 0.25) is 0 Å². The van der Waals surface area contributed by atoms with Gasteiger partial charge in [0.15, 0.2) is 5.17 Å². The number of amides is 1. The molecule has 0 aliphatic carbocycles. The molecule has 1 aliphatic rings. The number of carbonyl (C=O) groups is 1. The van der Waals surface area contributed by atoms with E-state index >= 15 is 0 Å². The lowest BCUT2D eigenvalue weighted by Gasteiger charge is -2.24. The number of carbonyl (C=O) groups excluding carboxylic acids is 1. The molecule has 8 heteroatoms. The van der Waals surface area contributed by atoms with Crippen molar-refractivity contribution in [2.75, 3.05) is 25.4 Å². The van der Waals surface area contributed by atoms with E-state index < -0.39 is 10.0 Å². The quantitative estimate of drug-likeness (QED) is 0.710. The van der Waals surface area contributed by atoms with Gasteiger partial charge in [-0.05, 0) is 43.9 Å². The Hall–Kier alpha value is -2.16. The highest BCUT2D eigenvalue weighted by Crippen LogP contribution is 2.25. The van der Waals surface area contributed by atoms with Gasteiger partial charge in [0, 0.05) is 12.3 Å². The number of hydrogen-bond donors (Lipinski definition) is 1. The second-order valence-electron chi connectivity index (χ2n) is 7.39. The van der Waals surface area contributed by atoms with Crippen molar-refractivity contribution in [2.24, 2.45) is 4.99 Å². The largest absolute Gasteiger partial charge is 0.304 e. The molecule has 0 atom stereocenters. The zero-order valence-corrected chi connectivity index (χ0v) is 19.1. The average Bonchev–Trinajstić information content (AvgIpc) is 3.17.